The quantitative estimate of drug-likeness (QED) is 0.898. The van der Waals surface area contributed by atoms with Crippen LogP contribution in [0.25, 0.3) is 0 Å². The number of aromatic amines is 1. The fourth-order valence-electron chi connectivity index (χ4n) is 1.41. The van der Waals surface area contributed by atoms with Crippen LogP contribution in [-0.4, -0.2) is 18.4 Å². The van der Waals surface area contributed by atoms with Crippen LogP contribution in [0, 0.1) is 0 Å². The highest BCUT2D eigenvalue weighted by Gasteiger charge is 2.32. The summed E-state index contributed by atoms with van der Waals surface area (Å²) in [6.45, 7) is 0. The lowest BCUT2D eigenvalue weighted by atomic mass is 10.3. The molecule has 0 aromatic carbocycles. The molecule has 2 N–H and O–H groups in total. The molecule has 21 heavy (non-hydrogen) atoms. The topological polar surface area (TPSA) is 91.9 Å². The van der Waals surface area contributed by atoms with E-state index in [4.69, 9.17) is 0 Å². The van der Waals surface area contributed by atoms with E-state index in [1.54, 1.807) is 0 Å². The van der Waals surface area contributed by atoms with Crippen molar-refractivity contribution in [2.24, 2.45) is 0 Å². The van der Waals surface area contributed by atoms with E-state index in [0.717, 1.165) is 18.3 Å². The maximum absolute atomic E-state index is 12.3. The van der Waals surface area contributed by atoms with Gasteiger partial charge in [0, 0.05) is 24.7 Å². The van der Waals surface area contributed by atoms with Crippen molar-refractivity contribution in [1.29, 1.82) is 0 Å². The van der Waals surface area contributed by atoms with Gasteiger partial charge in [-0.05, 0) is 12.1 Å². The van der Waals surface area contributed by atoms with Crippen LogP contribution in [0.3, 0.4) is 0 Å². The van der Waals surface area contributed by atoms with Gasteiger partial charge in [0.1, 0.15) is 16.3 Å². The number of alkyl halides is 3. The summed E-state index contributed by atoms with van der Waals surface area (Å²) in [5.74, 6) is 0. The van der Waals surface area contributed by atoms with Crippen molar-refractivity contribution in [1.82, 2.24) is 9.97 Å². The Balaban J connectivity index is 2.33. The van der Waals surface area contributed by atoms with Crippen molar-refractivity contribution < 1.29 is 21.6 Å². The summed E-state index contributed by atoms with van der Waals surface area (Å²) < 4.78 is 62.9. The summed E-state index contributed by atoms with van der Waals surface area (Å²) in [7, 11) is -4.20. The lowest BCUT2D eigenvalue weighted by Gasteiger charge is -2.08. The fraction of sp³-hybridized carbons (Fsp3) is 0.0909. The molecule has 2 aromatic heterocycles. The molecule has 10 heteroatoms. The second-order valence-corrected chi connectivity index (χ2v) is 5.59. The molecule has 0 aliphatic rings. The van der Waals surface area contributed by atoms with E-state index >= 15 is 0 Å². The molecule has 0 saturated carbocycles. The summed E-state index contributed by atoms with van der Waals surface area (Å²) >= 11 is 0. The first-order valence-corrected chi connectivity index (χ1v) is 6.92. The lowest BCUT2D eigenvalue weighted by Crippen LogP contribution is -2.19. The molecule has 2 heterocycles. The molecule has 0 fully saturated rings. The highest BCUT2D eigenvalue weighted by Crippen LogP contribution is 2.27. The van der Waals surface area contributed by atoms with Crippen LogP contribution in [0.1, 0.15) is 5.69 Å². The molecule has 6 nitrogen and oxygen atoms in total. The monoisotopic (exact) mass is 319 g/mol. The summed E-state index contributed by atoms with van der Waals surface area (Å²) in [6, 6.07) is 2.40. The molecule has 112 valence electrons. The van der Waals surface area contributed by atoms with Crippen molar-refractivity contribution in [3.63, 3.8) is 0 Å². The second kappa shape index (κ2) is 5.20. The Kier molecular flexibility index (Phi) is 3.73. The van der Waals surface area contributed by atoms with Gasteiger partial charge in [-0.15, -0.1) is 0 Å². The number of nitrogens with one attached hydrogen (secondary N) is 2. The number of anilines is 1. The van der Waals surface area contributed by atoms with E-state index in [-0.39, 0.29) is 5.69 Å². The van der Waals surface area contributed by atoms with Crippen LogP contribution in [0.2, 0.25) is 0 Å². The van der Waals surface area contributed by atoms with Crippen molar-refractivity contribution in [3.05, 3.63) is 52.7 Å². The van der Waals surface area contributed by atoms with Crippen molar-refractivity contribution in [3.8, 4) is 0 Å². The maximum atomic E-state index is 12.3. The van der Waals surface area contributed by atoms with Crippen LogP contribution < -0.4 is 10.2 Å². The molecule has 0 unspecified atom stereocenters. The fourth-order valence-corrected chi connectivity index (χ4v) is 2.41. The number of H-pyrrole nitrogens is 1. The lowest BCUT2D eigenvalue weighted by molar-refractivity contribution is -0.141. The summed E-state index contributed by atoms with van der Waals surface area (Å²) in [5.41, 5.74) is -2.05. The molecule has 0 aliphatic carbocycles. The van der Waals surface area contributed by atoms with Crippen LogP contribution in [0.15, 0.2) is 46.5 Å². The SMILES string of the molecule is O=c1cc[nH]cc1NS(=O)(=O)c1ccc(C(F)(F)F)nc1. The molecule has 0 aliphatic heterocycles. The number of hydrogen-bond acceptors (Lipinski definition) is 4. The normalized spacial score (nSPS) is 12.1. The minimum atomic E-state index is -4.66. The van der Waals surface area contributed by atoms with Gasteiger partial charge in [-0.1, -0.05) is 0 Å². The highest BCUT2D eigenvalue weighted by molar-refractivity contribution is 7.92. The van der Waals surface area contributed by atoms with Crippen LogP contribution in [0.5, 0.6) is 0 Å². The molecule has 2 rings (SSSR count). The zero-order valence-electron chi connectivity index (χ0n) is 10.2. The smallest absolute Gasteiger partial charge is 0.366 e. The van der Waals surface area contributed by atoms with Gasteiger partial charge in [0.15, 0.2) is 0 Å². The summed E-state index contributed by atoms with van der Waals surface area (Å²) in [4.78, 5) is 16.5. The van der Waals surface area contributed by atoms with E-state index in [2.05, 4.69) is 9.97 Å². The number of nitrogens with zero attached hydrogens (tertiary/aromatic N) is 1. The van der Waals surface area contributed by atoms with Gasteiger partial charge in [-0.2, -0.15) is 13.2 Å². The standard InChI is InChI=1S/C11H8F3N3O3S/c12-11(13,14)10-2-1-7(5-16-10)21(19,20)17-8-6-15-4-3-9(8)18/h1-6,17H,(H,15,18). The van der Waals surface area contributed by atoms with E-state index in [1.165, 1.54) is 6.20 Å². The molecule has 0 amide bonds. The average Bonchev–Trinajstić information content (AvgIpc) is 2.40. The van der Waals surface area contributed by atoms with E-state index in [0.29, 0.717) is 12.3 Å². The minimum Gasteiger partial charge on any atom is -0.366 e. The van der Waals surface area contributed by atoms with Crippen LogP contribution >= 0.6 is 0 Å². The number of pyridine rings is 2. The Morgan fingerprint density at radius 2 is 1.90 bits per heavy atom. The van der Waals surface area contributed by atoms with E-state index < -0.39 is 32.2 Å². The molecule has 0 bridgehead atoms. The predicted molar refractivity (Wildman–Crippen MR) is 67.1 cm³/mol. The number of halogens is 3. The second-order valence-electron chi connectivity index (χ2n) is 3.90. The molecule has 0 saturated heterocycles. The Labute approximate surface area is 116 Å². The van der Waals surface area contributed by atoms with Crippen LogP contribution in [0.4, 0.5) is 18.9 Å². The summed E-state index contributed by atoms with van der Waals surface area (Å²) in [5, 5.41) is 0. The van der Waals surface area contributed by atoms with E-state index in [1.807, 2.05) is 4.72 Å². The van der Waals surface area contributed by atoms with Gasteiger partial charge in [-0.25, -0.2) is 8.42 Å². The van der Waals surface area contributed by atoms with E-state index in [9.17, 15) is 26.4 Å². The third-order valence-corrected chi connectivity index (χ3v) is 3.76. The third-order valence-electron chi connectivity index (χ3n) is 2.41. The number of sulfonamides is 1. The van der Waals surface area contributed by atoms with Crippen molar-refractivity contribution in [2.75, 3.05) is 4.72 Å². The minimum absolute atomic E-state index is 0.252. The molecule has 2 aromatic rings. The average molecular weight is 319 g/mol. The molecular formula is C11H8F3N3O3S. The largest absolute Gasteiger partial charge is 0.433 e. The van der Waals surface area contributed by atoms with Crippen molar-refractivity contribution in [2.45, 2.75) is 11.1 Å². The molecule has 0 atom stereocenters. The van der Waals surface area contributed by atoms with Gasteiger partial charge in [0.2, 0.25) is 5.43 Å². The zero-order chi connectivity index (χ0) is 15.7. The first-order chi connectivity index (χ1) is 9.70. The van der Waals surface area contributed by atoms with Gasteiger partial charge >= 0.3 is 6.18 Å². The third kappa shape index (κ3) is 3.40. The molecule has 0 spiro atoms. The Morgan fingerprint density at radius 3 is 2.43 bits per heavy atom. The first-order valence-electron chi connectivity index (χ1n) is 5.43. The number of aromatic nitrogens is 2. The number of rotatable bonds is 3. The maximum Gasteiger partial charge on any atom is 0.433 e. The predicted octanol–water partition coefficient (Wildman–Crippen LogP) is 1.59. The van der Waals surface area contributed by atoms with Gasteiger partial charge in [0.25, 0.3) is 10.0 Å². The summed E-state index contributed by atoms with van der Waals surface area (Å²) in [6.07, 6.45) is -1.66. The highest BCUT2D eigenvalue weighted by atomic mass is 32.2. The van der Waals surface area contributed by atoms with Crippen molar-refractivity contribution >= 4 is 15.7 Å². The zero-order valence-corrected chi connectivity index (χ0v) is 11.0. The number of hydrogen-bond donors (Lipinski definition) is 2. The Morgan fingerprint density at radius 1 is 1.19 bits per heavy atom. The van der Waals surface area contributed by atoms with Gasteiger partial charge in [-0.3, -0.25) is 14.5 Å². The van der Waals surface area contributed by atoms with Gasteiger partial charge in [0.05, 0.1) is 0 Å². The molecular weight excluding hydrogens is 311 g/mol. The van der Waals surface area contributed by atoms with Gasteiger partial charge < -0.3 is 4.98 Å². The Bertz CT molecular complexity index is 798. The van der Waals surface area contributed by atoms with Crippen LogP contribution in [-0.2, 0) is 16.2 Å². The Hall–Kier alpha value is -2.36. The first kappa shape index (κ1) is 15.0. The molecule has 0 radical (unpaired) electrons.